The van der Waals surface area contributed by atoms with Gasteiger partial charge in [-0.05, 0) is 18.9 Å². The zero-order valence-corrected chi connectivity index (χ0v) is 11.0. The van der Waals surface area contributed by atoms with E-state index < -0.39 is 0 Å². The van der Waals surface area contributed by atoms with Crippen LogP contribution in [0.3, 0.4) is 0 Å². The van der Waals surface area contributed by atoms with E-state index in [1.807, 2.05) is 6.07 Å². The molecule has 0 unspecified atom stereocenters. The number of rotatable bonds is 4. The maximum atomic E-state index is 4.31. The lowest BCUT2D eigenvalue weighted by atomic mass is 10.0. The maximum Gasteiger partial charge on any atom is 0.224 e. The van der Waals surface area contributed by atoms with Gasteiger partial charge in [0.05, 0.1) is 0 Å². The summed E-state index contributed by atoms with van der Waals surface area (Å²) in [7, 11) is 1.80. The first-order chi connectivity index (χ1) is 9.35. The first kappa shape index (κ1) is 12.0. The molecule has 0 aliphatic heterocycles. The number of aromatic amines is 1. The van der Waals surface area contributed by atoms with Gasteiger partial charge in [-0.3, -0.25) is 5.10 Å². The van der Waals surface area contributed by atoms with Gasteiger partial charge in [-0.1, -0.05) is 12.8 Å². The van der Waals surface area contributed by atoms with Crippen molar-refractivity contribution in [2.24, 2.45) is 0 Å². The number of aromatic nitrogens is 4. The Morgan fingerprint density at radius 3 is 2.89 bits per heavy atom. The Kier molecular flexibility index (Phi) is 3.31. The quantitative estimate of drug-likeness (QED) is 0.785. The Balaban J connectivity index is 1.72. The molecule has 1 saturated carbocycles. The van der Waals surface area contributed by atoms with Crippen molar-refractivity contribution in [3.05, 3.63) is 24.0 Å². The molecule has 100 valence electrons. The first-order valence-electron chi connectivity index (χ1n) is 6.68. The third kappa shape index (κ3) is 2.67. The fourth-order valence-corrected chi connectivity index (χ4v) is 2.53. The Morgan fingerprint density at radius 1 is 1.26 bits per heavy atom. The van der Waals surface area contributed by atoms with E-state index in [1.54, 1.807) is 13.2 Å². The van der Waals surface area contributed by atoms with E-state index in [-0.39, 0.29) is 0 Å². The molecule has 19 heavy (non-hydrogen) atoms. The Hall–Kier alpha value is -2.11. The first-order valence-corrected chi connectivity index (χ1v) is 6.68. The standard InChI is InChI=1S/C13H18N6/c1-14-13-15-7-6-11(17-13)16-12-8-10(18-19-12)9-4-2-3-5-9/h6-9H,2-5H2,1H3,(H3,14,15,16,17,18,19). The summed E-state index contributed by atoms with van der Waals surface area (Å²) in [5.74, 6) is 2.78. The van der Waals surface area contributed by atoms with Crippen molar-refractivity contribution in [2.75, 3.05) is 17.7 Å². The van der Waals surface area contributed by atoms with E-state index in [4.69, 9.17) is 0 Å². The fraction of sp³-hybridized carbons (Fsp3) is 0.462. The Labute approximate surface area is 112 Å². The lowest BCUT2D eigenvalue weighted by Crippen LogP contribution is -1.99. The van der Waals surface area contributed by atoms with E-state index in [1.165, 1.54) is 31.4 Å². The van der Waals surface area contributed by atoms with Gasteiger partial charge in [0.1, 0.15) is 5.82 Å². The molecule has 0 spiro atoms. The average molecular weight is 258 g/mol. The van der Waals surface area contributed by atoms with Crippen LogP contribution in [-0.4, -0.2) is 27.2 Å². The summed E-state index contributed by atoms with van der Waals surface area (Å²) in [6, 6.07) is 3.90. The lowest BCUT2D eigenvalue weighted by Gasteiger charge is -2.04. The van der Waals surface area contributed by atoms with Crippen molar-refractivity contribution in [3.63, 3.8) is 0 Å². The van der Waals surface area contributed by atoms with Gasteiger partial charge < -0.3 is 10.6 Å². The number of hydrogen-bond donors (Lipinski definition) is 3. The summed E-state index contributed by atoms with van der Waals surface area (Å²) < 4.78 is 0. The number of hydrogen-bond acceptors (Lipinski definition) is 5. The van der Waals surface area contributed by atoms with Crippen LogP contribution >= 0.6 is 0 Å². The molecule has 1 aliphatic carbocycles. The van der Waals surface area contributed by atoms with Gasteiger partial charge in [-0.25, -0.2) is 4.98 Å². The van der Waals surface area contributed by atoms with Crippen LogP contribution in [0, 0.1) is 0 Å². The van der Waals surface area contributed by atoms with Gasteiger partial charge in [-0.2, -0.15) is 10.1 Å². The molecule has 0 radical (unpaired) electrons. The average Bonchev–Trinajstić information content (AvgIpc) is 3.09. The molecule has 0 bridgehead atoms. The number of nitrogens with one attached hydrogen (secondary N) is 3. The van der Waals surface area contributed by atoms with Gasteiger partial charge >= 0.3 is 0 Å². The second-order valence-electron chi connectivity index (χ2n) is 4.83. The largest absolute Gasteiger partial charge is 0.357 e. The molecular formula is C13H18N6. The van der Waals surface area contributed by atoms with Crippen LogP contribution in [0.5, 0.6) is 0 Å². The lowest BCUT2D eigenvalue weighted by molar-refractivity contribution is 0.693. The zero-order chi connectivity index (χ0) is 13.1. The summed E-state index contributed by atoms with van der Waals surface area (Å²) in [4.78, 5) is 8.38. The highest BCUT2D eigenvalue weighted by molar-refractivity contribution is 5.53. The zero-order valence-electron chi connectivity index (χ0n) is 11.0. The van der Waals surface area contributed by atoms with E-state index in [9.17, 15) is 0 Å². The monoisotopic (exact) mass is 258 g/mol. The summed E-state index contributed by atoms with van der Waals surface area (Å²) in [6.45, 7) is 0. The molecule has 1 aliphatic rings. The van der Waals surface area contributed by atoms with E-state index in [0.29, 0.717) is 11.9 Å². The summed E-state index contributed by atoms with van der Waals surface area (Å²) in [6.07, 6.45) is 6.89. The summed E-state index contributed by atoms with van der Waals surface area (Å²) in [5, 5.41) is 13.5. The van der Waals surface area contributed by atoms with E-state index in [0.717, 1.165) is 11.6 Å². The fourth-order valence-electron chi connectivity index (χ4n) is 2.53. The summed E-state index contributed by atoms with van der Waals surface area (Å²) >= 11 is 0. The molecule has 2 aromatic heterocycles. The second-order valence-corrected chi connectivity index (χ2v) is 4.83. The van der Waals surface area contributed by atoms with Gasteiger partial charge in [0.25, 0.3) is 0 Å². The van der Waals surface area contributed by atoms with Crippen molar-refractivity contribution >= 4 is 17.6 Å². The van der Waals surface area contributed by atoms with Crippen molar-refractivity contribution in [2.45, 2.75) is 31.6 Å². The van der Waals surface area contributed by atoms with Crippen LogP contribution in [0.15, 0.2) is 18.3 Å². The third-order valence-electron chi connectivity index (χ3n) is 3.53. The number of anilines is 3. The molecule has 3 rings (SSSR count). The minimum absolute atomic E-state index is 0.594. The molecular weight excluding hydrogens is 240 g/mol. The normalized spacial score (nSPS) is 15.6. The van der Waals surface area contributed by atoms with E-state index in [2.05, 4.69) is 36.9 Å². The van der Waals surface area contributed by atoms with Crippen LogP contribution in [0.2, 0.25) is 0 Å². The molecule has 0 saturated heterocycles. The minimum atomic E-state index is 0.594. The molecule has 1 fully saturated rings. The third-order valence-corrected chi connectivity index (χ3v) is 3.53. The maximum absolute atomic E-state index is 4.31. The highest BCUT2D eigenvalue weighted by atomic mass is 15.2. The number of H-pyrrole nitrogens is 1. The van der Waals surface area contributed by atoms with Crippen LogP contribution in [0.4, 0.5) is 17.6 Å². The number of nitrogens with zero attached hydrogens (tertiary/aromatic N) is 3. The SMILES string of the molecule is CNc1nccc(Nc2cc(C3CCCC3)[nH]n2)n1. The minimum Gasteiger partial charge on any atom is -0.357 e. The smallest absolute Gasteiger partial charge is 0.224 e. The highest BCUT2D eigenvalue weighted by Crippen LogP contribution is 2.33. The van der Waals surface area contributed by atoms with Gasteiger partial charge in [0, 0.05) is 30.9 Å². The molecule has 0 atom stereocenters. The molecule has 6 heteroatoms. The molecule has 2 heterocycles. The van der Waals surface area contributed by atoms with Crippen LogP contribution in [0.25, 0.3) is 0 Å². The van der Waals surface area contributed by atoms with Crippen LogP contribution in [0.1, 0.15) is 37.3 Å². The second kappa shape index (κ2) is 5.26. The predicted molar refractivity (Wildman–Crippen MR) is 74.7 cm³/mol. The van der Waals surface area contributed by atoms with Crippen molar-refractivity contribution in [1.29, 1.82) is 0 Å². The van der Waals surface area contributed by atoms with Gasteiger partial charge in [0.15, 0.2) is 5.82 Å². The van der Waals surface area contributed by atoms with Crippen molar-refractivity contribution in [1.82, 2.24) is 20.2 Å². The molecule has 0 aromatic carbocycles. The highest BCUT2D eigenvalue weighted by Gasteiger charge is 2.19. The van der Waals surface area contributed by atoms with E-state index >= 15 is 0 Å². The predicted octanol–water partition coefficient (Wildman–Crippen LogP) is 2.64. The van der Waals surface area contributed by atoms with Gasteiger partial charge in [0.2, 0.25) is 5.95 Å². The van der Waals surface area contributed by atoms with Crippen LogP contribution in [-0.2, 0) is 0 Å². The molecule has 0 amide bonds. The van der Waals surface area contributed by atoms with Crippen LogP contribution < -0.4 is 10.6 Å². The van der Waals surface area contributed by atoms with Crippen molar-refractivity contribution < 1.29 is 0 Å². The molecule has 2 aromatic rings. The summed E-state index contributed by atoms with van der Waals surface area (Å²) in [5.41, 5.74) is 1.22. The van der Waals surface area contributed by atoms with Crippen molar-refractivity contribution in [3.8, 4) is 0 Å². The Bertz CT molecular complexity index is 544. The molecule has 6 nitrogen and oxygen atoms in total. The topological polar surface area (TPSA) is 78.5 Å². The molecule has 3 N–H and O–H groups in total. The van der Waals surface area contributed by atoms with Gasteiger partial charge in [-0.15, -0.1) is 0 Å². The Morgan fingerprint density at radius 2 is 2.11 bits per heavy atom.